The summed E-state index contributed by atoms with van der Waals surface area (Å²) >= 11 is 5.37. The van der Waals surface area contributed by atoms with Crippen molar-refractivity contribution in [2.75, 3.05) is 58.2 Å². The molecule has 0 aromatic carbocycles. The highest BCUT2D eigenvalue weighted by molar-refractivity contribution is 6.27. The van der Waals surface area contributed by atoms with Crippen molar-refractivity contribution >= 4 is 148 Å². The van der Waals surface area contributed by atoms with Gasteiger partial charge >= 0.3 is 23.9 Å². The molecule has 0 aliphatic heterocycles. The molecule has 0 spiro atoms. The topological polar surface area (TPSA) is 820 Å². The molecule has 19 amide bonds. The van der Waals surface area contributed by atoms with Gasteiger partial charge in [-0.25, -0.2) is 0 Å². The minimum absolute atomic E-state index is 0.0134. The third-order valence-corrected chi connectivity index (χ3v) is 21.0. The second-order valence-electron chi connectivity index (χ2n) is 35.7. The van der Waals surface area contributed by atoms with Crippen LogP contribution in [0.15, 0.2) is 0 Å². The van der Waals surface area contributed by atoms with Gasteiger partial charge in [0.25, 0.3) is 0 Å². The third kappa shape index (κ3) is 56.6. The number of carbonyl (C=O) groups excluding carboxylic acids is 19. The molecule has 0 aliphatic carbocycles. The van der Waals surface area contributed by atoms with E-state index in [4.69, 9.17) is 40.3 Å². The number of carbonyl (C=O) groups is 23. The molecule has 0 saturated heterocycles. The average molecular weight is 1990 g/mol. The molecule has 138 heavy (non-hydrogen) atoms. The monoisotopic (exact) mass is 1990 g/mol. The van der Waals surface area contributed by atoms with Crippen molar-refractivity contribution in [2.24, 2.45) is 58.3 Å². The lowest BCUT2D eigenvalue weighted by Gasteiger charge is -2.29. The van der Waals surface area contributed by atoms with Crippen molar-refractivity contribution in [2.45, 2.75) is 321 Å². The largest absolute Gasteiger partial charge is 0.481 e. The van der Waals surface area contributed by atoms with Crippen molar-refractivity contribution < 1.29 is 131 Å². The number of carboxylic acids is 4. The van der Waals surface area contributed by atoms with Crippen LogP contribution in [0.25, 0.3) is 0 Å². The fourth-order valence-electron chi connectivity index (χ4n) is 13.6. The van der Waals surface area contributed by atoms with Crippen molar-refractivity contribution in [3.63, 3.8) is 0 Å². The Kier molecular flexibility index (Phi) is 63.6. The number of amides is 19. The molecule has 0 aliphatic rings. The van der Waals surface area contributed by atoms with Crippen LogP contribution >= 0.6 is 11.6 Å². The van der Waals surface area contributed by atoms with E-state index in [1.54, 1.807) is 69.2 Å². The van der Waals surface area contributed by atoms with Crippen molar-refractivity contribution in [1.29, 1.82) is 0 Å². The van der Waals surface area contributed by atoms with Crippen LogP contribution in [-0.4, -0.2) is 299 Å². The van der Waals surface area contributed by atoms with E-state index in [1.165, 1.54) is 0 Å². The number of hydrogen-bond acceptors (Lipinski definition) is 27. The van der Waals surface area contributed by atoms with Gasteiger partial charge < -0.3 is 145 Å². The zero-order valence-electron chi connectivity index (χ0n) is 81.0. The highest BCUT2D eigenvalue weighted by atomic mass is 35.5. The molecule has 32 N–H and O–H groups in total. The quantitative estimate of drug-likeness (QED) is 0.0199. The number of carboxylic acid groups (broad SMARTS) is 4. The van der Waals surface area contributed by atoms with E-state index in [1.807, 2.05) is 0 Å². The molecule has 0 fully saturated rings. The van der Waals surface area contributed by atoms with Crippen LogP contribution < -0.4 is 124 Å². The van der Waals surface area contributed by atoms with Gasteiger partial charge in [-0.15, -0.1) is 11.6 Å². The number of hydrogen-bond donors (Lipinski definition) is 27. The molecule has 784 valence electrons. The molecule has 0 aromatic heterocycles. The van der Waals surface area contributed by atoms with Gasteiger partial charge in [-0.1, -0.05) is 69.2 Å². The zero-order valence-corrected chi connectivity index (χ0v) is 81.7. The van der Waals surface area contributed by atoms with Crippen molar-refractivity contribution in [3.8, 4) is 0 Å². The molecule has 50 nitrogen and oxygen atoms in total. The summed E-state index contributed by atoms with van der Waals surface area (Å²) in [4.78, 5) is 309. The van der Waals surface area contributed by atoms with Crippen molar-refractivity contribution in [1.82, 2.24) is 95.7 Å². The van der Waals surface area contributed by atoms with Crippen molar-refractivity contribution in [3.05, 3.63) is 0 Å². The summed E-state index contributed by atoms with van der Waals surface area (Å²) in [5.41, 5.74) is 28.4. The van der Waals surface area contributed by atoms with Gasteiger partial charge in [0.05, 0.1) is 26.2 Å². The molecule has 0 radical (unpaired) electrons. The maximum atomic E-state index is 14.8. The van der Waals surface area contributed by atoms with Crippen LogP contribution in [0, 0.1) is 29.6 Å². The highest BCUT2D eigenvalue weighted by Gasteiger charge is 2.40. The second kappa shape index (κ2) is 69.7. The van der Waals surface area contributed by atoms with Gasteiger partial charge in [0.1, 0.15) is 90.5 Å². The predicted octanol–water partition coefficient (Wildman–Crippen LogP) is -5.81. The van der Waals surface area contributed by atoms with Gasteiger partial charge in [0.2, 0.25) is 112 Å². The maximum Gasteiger partial charge on any atom is 0.303 e. The molecular weight excluding hydrogens is 1830 g/mol. The zero-order chi connectivity index (χ0) is 105. The summed E-state index contributed by atoms with van der Waals surface area (Å²) in [6, 6.07) is -21.9. The number of nitrogens with two attached hydrogens (primary N) is 5. The molecule has 51 heteroatoms. The van der Waals surface area contributed by atoms with Crippen LogP contribution in [0.4, 0.5) is 0 Å². The van der Waals surface area contributed by atoms with E-state index >= 15 is 0 Å². The molecule has 0 unspecified atom stereocenters. The summed E-state index contributed by atoms with van der Waals surface area (Å²) in [5, 5.41) is 83.5. The van der Waals surface area contributed by atoms with Gasteiger partial charge in [-0.2, -0.15) is 0 Å². The SMILES string of the molecule is CC(C)C[C@H](NC(=O)[C@H](CCC(=O)O)NC(=O)[C@H](CCC(=O)O)NC(=O)[C@H](C)NC(=O)CNC(=O)CNC(=O)CNC(=O)CCl)C(=O)N[C@@H](CC(C)C)C(=O)N[C@@H](CCCCN)C(=O)N[C@@H](CCCCN)C(=O)N[C@@H](CC(C)C)C(=O)N[C@@H](CCC(=O)O)C(=O)N[C@@H](CCC(=O)O)C(=O)N[C@@H](CC(C)C)C(=O)N[C@@H](CC(C)C)C(=O)N[C@@H](CCCCN)C(=O)N[C@@H](CCCCN)C(=O)NCC(N)=O. The summed E-state index contributed by atoms with van der Waals surface area (Å²) in [7, 11) is 0. The Morgan fingerprint density at radius 3 is 0.616 bits per heavy atom. The number of rotatable bonds is 75. The Hall–Kier alpha value is -12.1. The van der Waals surface area contributed by atoms with E-state index in [0.717, 1.165) is 6.92 Å². The lowest BCUT2D eigenvalue weighted by molar-refractivity contribution is -0.140. The first-order chi connectivity index (χ1) is 64.8. The minimum atomic E-state index is -1.86. The first-order valence-corrected chi connectivity index (χ1v) is 47.2. The number of halogens is 1. The Morgan fingerprint density at radius 1 is 0.225 bits per heavy atom. The smallest absolute Gasteiger partial charge is 0.303 e. The summed E-state index contributed by atoms with van der Waals surface area (Å²) in [5.74, 6) is -26.4. The normalized spacial score (nSPS) is 14.2. The molecule has 0 aromatic rings. The Morgan fingerprint density at radius 2 is 0.413 bits per heavy atom. The van der Waals surface area contributed by atoms with Gasteiger partial charge in [-0.05, 0) is 198 Å². The predicted molar refractivity (Wildman–Crippen MR) is 501 cm³/mol. The third-order valence-electron chi connectivity index (χ3n) is 20.8. The van der Waals surface area contributed by atoms with E-state index < -0.39 is 316 Å². The number of unbranched alkanes of at least 4 members (excludes halogenated alkanes) is 4. The van der Waals surface area contributed by atoms with Gasteiger partial charge in [0, 0.05) is 25.7 Å². The van der Waals surface area contributed by atoms with E-state index in [-0.39, 0.29) is 115 Å². The van der Waals surface area contributed by atoms with Crippen LogP contribution in [0.2, 0.25) is 0 Å². The molecule has 0 rings (SSSR count). The van der Waals surface area contributed by atoms with Gasteiger partial charge in [-0.3, -0.25) is 110 Å². The molecule has 0 heterocycles. The molecule has 0 bridgehead atoms. The molecule has 0 saturated carbocycles. The maximum absolute atomic E-state index is 14.8. The molecule has 14 atom stereocenters. The highest BCUT2D eigenvalue weighted by Crippen LogP contribution is 2.18. The lowest BCUT2D eigenvalue weighted by atomic mass is 9.98. The number of aliphatic carboxylic acids is 4. The van der Waals surface area contributed by atoms with E-state index in [2.05, 4.69) is 95.7 Å². The standard InChI is InChI=1S/C87H152ClN23O27/c1-46(2)36-60(85(136)106-57(25-29-71(119)120)80(131)105-59(27-31-73(123)124)82(133)109-64(40-50(9)10)87(138)110-61(37-47(3)4)83(134)102-53(21-13-17-33-90)76(127)100-52(20-12-16-32-89)75(126)97-42-65(93)112)107-78(129)55(23-15-19-35-92)101-77(128)54(22-14-18-34-91)103-84(135)62(38-48(5)6)111-86(137)63(39-49(7)8)108-81(132)58(26-30-72(121)122)104-79(130)56(24-28-70(117)118)99-74(125)51(11)98-69(116)45-96-68(115)44-95-67(114)43-94-66(113)41-88/h46-64H,12-45,89-92H2,1-11H3,(H2,93,112)(H,94,113)(H,95,114)(H,96,115)(H,97,126)(H,98,116)(H,99,125)(H,100,127)(H,101,128)(H,102,134)(H,103,135)(H,104,130)(H,105,131)(H,106,136)(H,107,129)(H,108,132)(H,109,133)(H,110,138)(H,111,137)(H,117,118)(H,119,120)(H,121,122)(H,123,124)/t51-,52-,53-,54-,55-,56-,57-,58-,59-,60-,61-,62-,63-,64-/m0/s1. The Bertz CT molecular complexity index is 4010. The number of primary amides is 1. The fraction of sp³-hybridized carbons (Fsp3) is 0.736. The Labute approximate surface area is 808 Å². The first kappa shape index (κ1) is 126. The molecular formula is C87H152ClN23O27. The second-order valence-corrected chi connectivity index (χ2v) is 36.0. The van der Waals surface area contributed by atoms with Gasteiger partial charge in [0.15, 0.2) is 0 Å². The lowest BCUT2D eigenvalue weighted by Crippen LogP contribution is -2.61. The number of nitrogens with one attached hydrogen (secondary N) is 18. The Balaban J connectivity index is 7.42. The van der Waals surface area contributed by atoms with Crippen LogP contribution in [0.1, 0.15) is 237 Å². The summed E-state index contributed by atoms with van der Waals surface area (Å²) in [6.07, 6.45) is -4.03. The number of alkyl halides is 1. The van der Waals surface area contributed by atoms with Crippen LogP contribution in [-0.2, 0) is 110 Å². The average Bonchev–Trinajstić information content (AvgIpc) is 0.852. The van der Waals surface area contributed by atoms with Crippen LogP contribution in [0.5, 0.6) is 0 Å². The first-order valence-electron chi connectivity index (χ1n) is 46.7. The fourth-order valence-corrected chi connectivity index (χ4v) is 13.7. The summed E-state index contributed by atoms with van der Waals surface area (Å²) < 4.78 is 0. The van der Waals surface area contributed by atoms with E-state index in [0.29, 0.717) is 38.5 Å². The summed E-state index contributed by atoms with van der Waals surface area (Å²) in [6.45, 7) is 16.3. The van der Waals surface area contributed by atoms with E-state index in [9.17, 15) is 131 Å². The van der Waals surface area contributed by atoms with Crippen LogP contribution in [0.3, 0.4) is 0 Å². The minimum Gasteiger partial charge on any atom is -0.481 e.